The number of halogens is 1. The van der Waals surface area contributed by atoms with Crippen LogP contribution in [0.1, 0.15) is 21.5 Å². The minimum atomic E-state index is -0.950. The van der Waals surface area contributed by atoms with Crippen molar-refractivity contribution in [3.05, 3.63) is 45.1 Å². The molecule has 0 aliphatic carbocycles. The monoisotopic (exact) mass is 353 g/mol. The summed E-state index contributed by atoms with van der Waals surface area (Å²) in [4.78, 5) is 25.6. The normalized spacial score (nSPS) is 11.7. The molecule has 1 heterocycles. The molecule has 0 fully saturated rings. The summed E-state index contributed by atoms with van der Waals surface area (Å²) in [5, 5.41) is 3.10. The molecule has 23 heavy (non-hydrogen) atoms. The number of nitrogens with one attached hydrogen (secondary N) is 1. The predicted molar refractivity (Wildman–Crippen MR) is 90.6 cm³/mol. The minimum Gasteiger partial charge on any atom is -0.495 e. The average molecular weight is 354 g/mol. The number of ether oxygens (including phenoxy) is 2. The standard InChI is InChI=1S/C16H16ClNO4S/c1-9-4-7-14(23-9)16(20)22-10(2)15(19)18-12-8-11(17)5-6-13(12)21-3/h4-8,10H,1-3H3,(H,18,19)/t10-/m1/s1. The summed E-state index contributed by atoms with van der Waals surface area (Å²) in [6, 6.07) is 8.35. The smallest absolute Gasteiger partial charge is 0.349 e. The van der Waals surface area contributed by atoms with E-state index < -0.39 is 18.0 Å². The Hall–Kier alpha value is -2.05. The highest BCUT2D eigenvalue weighted by molar-refractivity contribution is 7.13. The van der Waals surface area contributed by atoms with Gasteiger partial charge in [0.05, 0.1) is 12.8 Å². The summed E-state index contributed by atoms with van der Waals surface area (Å²) in [5.41, 5.74) is 0.417. The first kappa shape index (κ1) is 17.3. The Kier molecular flexibility index (Phi) is 5.63. The molecule has 1 aromatic heterocycles. The molecule has 122 valence electrons. The number of esters is 1. The van der Waals surface area contributed by atoms with E-state index in [-0.39, 0.29) is 0 Å². The zero-order valence-corrected chi connectivity index (χ0v) is 14.5. The lowest BCUT2D eigenvalue weighted by atomic mass is 10.2. The van der Waals surface area contributed by atoms with E-state index in [0.29, 0.717) is 21.3 Å². The van der Waals surface area contributed by atoms with Gasteiger partial charge in [-0.1, -0.05) is 11.6 Å². The van der Waals surface area contributed by atoms with E-state index in [1.165, 1.54) is 25.4 Å². The summed E-state index contributed by atoms with van der Waals surface area (Å²) in [6.07, 6.45) is -0.950. The Morgan fingerprint density at radius 1 is 1.26 bits per heavy atom. The first-order chi connectivity index (χ1) is 10.9. The molecule has 1 amide bonds. The van der Waals surface area contributed by atoms with Gasteiger partial charge < -0.3 is 14.8 Å². The number of rotatable bonds is 5. The number of aryl methyl sites for hydroxylation is 1. The fraction of sp³-hybridized carbons (Fsp3) is 0.250. The molecular weight excluding hydrogens is 338 g/mol. The maximum absolute atomic E-state index is 12.2. The van der Waals surface area contributed by atoms with Crippen LogP contribution in [0.15, 0.2) is 30.3 Å². The van der Waals surface area contributed by atoms with Crippen molar-refractivity contribution in [1.29, 1.82) is 0 Å². The molecule has 0 spiro atoms. The number of carbonyl (C=O) groups excluding carboxylic acids is 2. The molecule has 0 saturated carbocycles. The third kappa shape index (κ3) is 4.46. The first-order valence-corrected chi connectivity index (χ1v) is 8.02. The van der Waals surface area contributed by atoms with Crippen LogP contribution < -0.4 is 10.1 Å². The van der Waals surface area contributed by atoms with Crippen molar-refractivity contribution in [3.63, 3.8) is 0 Å². The molecule has 0 radical (unpaired) electrons. The van der Waals surface area contributed by atoms with Crippen molar-refractivity contribution in [2.45, 2.75) is 20.0 Å². The molecule has 1 atom stereocenters. The number of methoxy groups -OCH3 is 1. The van der Waals surface area contributed by atoms with Gasteiger partial charge in [0.25, 0.3) is 5.91 Å². The van der Waals surface area contributed by atoms with Crippen LogP contribution in [0, 0.1) is 6.92 Å². The molecule has 7 heteroatoms. The second-order valence-electron chi connectivity index (χ2n) is 4.79. The van der Waals surface area contributed by atoms with Crippen molar-refractivity contribution in [2.75, 3.05) is 12.4 Å². The largest absolute Gasteiger partial charge is 0.495 e. The van der Waals surface area contributed by atoms with Gasteiger partial charge in [0.1, 0.15) is 10.6 Å². The highest BCUT2D eigenvalue weighted by Gasteiger charge is 2.21. The zero-order valence-electron chi connectivity index (χ0n) is 12.9. The van der Waals surface area contributed by atoms with Crippen LogP contribution in [-0.4, -0.2) is 25.1 Å². The number of anilines is 1. The van der Waals surface area contributed by atoms with Gasteiger partial charge in [0.2, 0.25) is 0 Å². The van der Waals surface area contributed by atoms with Gasteiger partial charge >= 0.3 is 5.97 Å². The maximum Gasteiger partial charge on any atom is 0.349 e. The van der Waals surface area contributed by atoms with Crippen molar-refractivity contribution in [3.8, 4) is 5.75 Å². The van der Waals surface area contributed by atoms with Crippen LogP contribution in [0.2, 0.25) is 5.02 Å². The van der Waals surface area contributed by atoms with Crippen LogP contribution in [0.25, 0.3) is 0 Å². The second kappa shape index (κ2) is 7.48. The Labute approximate surface area is 143 Å². The number of thiophene rings is 1. The molecule has 0 saturated heterocycles. The van der Waals surface area contributed by atoms with Crippen molar-refractivity contribution < 1.29 is 19.1 Å². The molecule has 1 aromatic carbocycles. The van der Waals surface area contributed by atoms with Crippen LogP contribution in [-0.2, 0) is 9.53 Å². The summed E-state index contributed by atoms with van der Waals surface area (Å²) < 4.78 is 10.3. The minimum absolute atomic E-state index is 0.417. The molecule has 2 aromatic rings. The highest BCUT2D eigenvalue weighted by atomic mass is 35.5. The van der Waals surface area contributed by atoms with Gasteiger partial charge in [-0.2, -0.15) is 0 Å². The van der Waals surface area contributed by atoms with Crippen molar-refractivity contribution in [1.82, 2.24) is 0 Å². The van der Waals surface area contributed by atoms with Gasteiger partial charge in [0.15, 0.2) is 6.10 Å². The molecule has 2 rings (SSSR count). The summed E-state index contributed by atoms with van der Waals surface area (Å²) in [7, 11) is 1.49. The molecular formula is C16H16ClNO4S. The number of benzene rings is 1. The third-order valence-corrected chi connectivity index (χ3v) is 4.23. The number of hydrogen-bond donors (Lipinski definition) is 1. The zero-order chi connectivity index (χ0) is 17.0. The third-order valence-electron chi connectivity index (χ3n) is 3.01. The number of carbonyl (C=O) groups is 2. The highest BCUT2D eigenvalue weighted by Crippen LogP contribution is 2.28. The van der Waals surface area contributed by atoms with E-state index in [2.05, 4.69) is 5.32 Å². The van der Waals surface area contributed by atoms with E-state index >= 15 is 0 Å². The fourth-order valence-electron chi connectivity index (χ4n) is 1.83. The van der Waals surface area contributed by atoms with Gasteiger partial charge in [-0.15, -0.1) is 11.3 Å². The van der Waals surface area contributed by atoms with Gasteiger partial charge in [0, 0.05) is 9.90 Å². The Morgan fingerprint density at radius 2 is 2.00 bits per heavy atom. The van der Waals surface area contributed by atoms with E-state index in [9.17, 15) is 9.59 Å². The lowest BCUT2D eigenvalue weighted by Crippen LogP contribution is -2.29. The SMILES string of the molecule is COc1ccc(Cl)cc1NC(=O)[C@@H](C)OC(=O)c1ccc(C)s1. The molecule has 0 bridgehead atoms. The topological polar surface area (TPSA) is 64.6 Å². The van der Waals surface area contributed by atoms with Crippen LogP contribution in [0.5, 0.6) is 5.75 Å². The number of hydrogen-bond acceptors (Lipinski definition) is 5. The average Bonchev–Trinajstić information content (AvgIpc) is 2.94. The summed E-state index contributed by atoms with van der Waals surface area (Å²) in [6.45, 7) is 3.40. The quantitative estimate of drug-likeness (QED) is 0.828. The van der Waals surface area contributed by atoms with Crippen LogP contribution in [0.3, 0.4) is 0 Å². The maximum atomic E-state index is 12.2. The van der Waals surface area contributed by atoms with Gasteiger partial charge in [-0.05, 0) is 44.2 Å². The Morgan fingerprint density at radius 3 is 2.61 bits per heavy atom. The van der Waals surface area contributed by atoms with Crippen LogP contribution >= 0.6 is 22.9 Å². The van der Waals surface area contributed by atoms with E-state index in [4.69, 9.17) is 21.1 Å². The Balaban J connectivity index is 2.03. The summed E-state index contributed by atoms with van der Waals surface area (Å²) in [5.74, 6) is -0.522. The van der Waals surface area contributed by atoms with E-state index in [1.807, 2.05) is 13.0 Å². The molecule has 0 aliphatic rings. The van der Waals surface area contributed by atoms with Crippen molar-refractivity contribution in [2.24, 2.45) is 0 Å². The van der Waals surface area contributed by atoms with E-state index in [0.717, 1.165) is 4.88 Å². The number of amides is 1. The lowest BCUT2D eigenvalue weighted by Gasteiger charge is -2.15. The predicted octanol–water partition coefficient (Wildman–Crippen LogP) is 3.90. The van der Waals surface area contributed by atoms with Gasteiger partial charge in [-0.3, -0.25) is 4.79 Å². The second-order valence-corrected chi connectivity index (χ2v) is 6.52. The van der Waals surface area contributed by atoms with Crippen molar-refractivity contribution >= 4 is 40.5 Å². The summed E-state index contributed by atoms with van der Waals surface area (Å²) >= 11 is 7.23. The van der Waals surface area contributed by atoms with Gasteiger partial charge in [-0.25, -0.2) is 4.79 Å². The molecule has 0 aliphatic heterocycles. The fourth-order valence-corrected chi connectivity index (χ4v) is 2.75. The van der Waals surface area contributed by atoms with Crippen LogP contribution in [0.4, 0.5) is 5.69 Å². The lowest BCUT2D eigenvalue weighted by molar-refractivity contribution is -0.123. The Bertz CT molecular complexity index is 729. The molecule has 0 unspecified atom stereocenters. The first-order valence-electron chi connectivity index (χ1n) is 6.82. The molecule has 1 N–H and O–H groups in total. The van der Waals surface area contributed by atoms with E-state index in [1.54, 1.807) is 24.3 Å². The molecule has 5 nitrogen and oxygen atoms in total.